The SMILES string of the molecule is CCC(=O)NCCCCCc1nc2ccccc2n1Cc1c(C)c(C)cc(C)c1C. The molecule has 1 aromatic heterocycles. The van der Waals surface area contributed by atoms with Crippen LogP contribution in [0.2, 0.25) is 0 Å². The lowest BCUT2D eigenvalue weighted by atomic mass is 9.94. The summed E-state index contributed by atoms with van der Waals surface area (Å²) in [5.41, 5.74) is 9.17. The van der Waals surface area contributed by atoms with Crippen LogP contribution in [0, 0.1) is 27.7 Å². The Morgan fingerprint density at radius 3 is 2.40 bits per heavy atom. The van der Waals surface area contributed by atoms with Crippen molar-refractivity contribution in [3.8, 4) is 0 Å². The van der Waals surface area contributed by atoms with Crippen molar-refractivity contribution in [2.24, 2.45) is 0 Å². The van der Waals surface area contributed by atoms with Crippen molar-refractivity contribution >= 4 is 16.9 Å². The van der Waals surface area contributed by atoms with E-state index in [9.17, 15) is 4.79 Å². The maximum Gasteiger partial charge on any atom is 0.219 e. The molecule has 0 unspecified atom stereocenters. The smallest absolute Gasteiger partial charge is 0.219 e. The summed E-state index contributed by atoms with van der Waals surface area (Å²) in [6.07, 6.45) is 4.70. The topological polar surface area (TPSA) is 46.9 Å². The van der Waals surface area contributed by atoms with Gasteiger partial charge in [-0.15, -0.1) is 0 Å². The van der Waals surface area contributed by atoms with Gasteiger partial charge in [0.15, 0.2) is 0 Å². The number of aromatic nitrogens is 2. The van der Waals surface area contributed by atoms with Crippen LogP contribution < -0.4 is 5.32 Å². The van der Waals surface area contributed by atoms with Crippen LogP contribution >= 0.6 is 0 Å². The number of amides is 1. The summed E-state index contributed by atoms with van der Waals surface area (Å²) >= 11 is 0. The first kappa shape index (κ1) is 22.1. The number of hydrogen-bond acceptors (Lipinski definition) is 2. The van der Waals surface area contributed by atoms with Crippen LogP contribution in [0.25, 0.3) is 11.0 Å². The average Bonchev–Trinajstić information content (AvgIpc) is 3.09. The summed E-state index contributed by atoms with van der Waals surface area (Å²) in [6.45, 7) is 12.4. The first-order chi connectivity index (χ1) is 14.4. The number of benzene rings is 2. The number of para-hydroxylation sites is 2. The van der Waals surface area contributed by atoms with Crippen LogP contribution in [0.1, 0.15) is 66.2 Å². The standard InChI is InChI=1S/C26H35N3O/c1-6-26(30)27-15-11-7-8-14-25-28-23-12-9-10-13-24(23)29(25)17-22-20(4)18(2)16-19(3)21(22)5/h9-10,12-13,16H,6-8,11,14-15,17H2,1-5H3,(H,27,30). The fourth-order valence-electron chi connectivity index (χ4n) is 4.12. The molecular formula is C26H35N3O. The van der Waals surface area contributed by atoms with Gasteiger partial charge in [-0.1, -0.05) is 31.5 Å². The van der Waals surface area contributed by atoms with Gasteiger partial charge in [0.25, 0.3) is 0 Å². The van der Waals surface area contributed by atoms with E-state index in [1.807, 2.05) is 6.92 Å². The van der Waals surface area contributed by atoms with Gasteiger partial charge < -0.3 is 9.88 Å². The maximum atomic E-state index is 11.4. The molecule has 3 rings (SSSR count). The molecule has 160 valence electrons. The normalized spacial score (nSPS) is 11.2. The summed E-state index contributed by atoms with van der Waals surface area (Å²) < 4.78 is 2.41. The highest BCUT2D eigenvalue weighted by Crippen LogP contribution is 2.26. The third-order valence-electron chi connectivity index (χ3n) is 6.29. The van der Waals surface area contributed by atoms with Crippen LogP contribution in [0.3, 0.4) is 0 Å². The van der Waals surface area contributed by atoms with Crippen LogP contribution in [-0.2, 0) is 17.8 Å². The molecule has 0 aliphatic heterocycles. The summed E-state index contributed by atoms with van der Waals surface area (Å²) in [5, 5.41) is 2.96. The minimum absolute atomic E-state index is 0.135. The van der Waals surface area contributed by atoms with Gasteiger partial charge in [0.2, 0.25) is 5.91 Å². The number of hydrogen-bond donors (Lipinski definition) is 1. The number of imidazole rings is 1. The molecule has 1 N–H and O–H groups in total. The molecule has 4 nitrogen and oxygen atoms in total. The molecule has 0 saturated carbocycles. The van der Waals surface area contributed by atoms with Crippen molar-refractivity contribution in [1.29, 1.82) is 0 Å². The fourth-order valence-corrected chi connectivity index (χ4v) is 4.12. The lowest BCUT2D eigenvalue weighted by Gasteiger charge is -2.18. The number of unbranched alkanes of at least 4 members (excludes halogenated alkanes) is 2. The second-order valence-corrected chi connectivity index (χ2v) is 8.36. The quantitative estimate of drug-likeness (QED) is 0.474. The predicted molar refractivity (Wildman–Crippen MR) is 125 cm³/mol. The van der Waals surface area contributed by atoms with Gasteiger partial charge >= 0.3 is 0 Å². The highest BCUT2D eigenvalue weighted by Gasteiger charge is 2.15. The summed E-state index contributed by atoms with van der Waals surface area (Å²) in [7, 11) is 0. The molecule has 3 aromatic rings. The molecule has 0 atom stereocenters. The molecule has 0 radical (unpaired) electrons. The largest absolute Gasteiger partial charge is 0.356 e. The van der Waals surface area contributed by atoms with Crippen molar-refractivity contribution in [1.82, 2.24) is 14.9 Å². The van der Waals surface area contributed by atoms with Crippen molar-refractivity contribution < 1.29 is 4.79 Å². The Hall–Kier alpha value is -2.62. The monoisotopic (exact) mass is 405 g/mol. The summed E-state index contributed by atoms with van der Waals surface area (Å²) in [6, 6.07) is 10.7. The van der Waals surface area contributed by atoms with Crippen molar-refractivity contribution in [3.63, 3.8) is 0 Å². The molecule has 30 heavy (non-hydrogen) atoms. The lowest BCUT2D eigenvalue weighted by molar-refractivity contribution is -0.120. The van der Waals surface area contributed by atoms with Gasteiger partial charge in [-0.3, -0.25) is 4.79 Å². The first-order valence-corrected chi connectivity index (χ1v) is 11.2. The number of carbonyl (C=O) groups is 1. The van der Waals surface area contributed by atoms with Crippen LogP contribution in [0.5, 0.6) is 0 Å². The van der Waals surface area contributed by atoms with Gasteiger partial charge in [-0.05, 0) is 80.5 Å². The van der Waals surface area contributed by atoms with E-state index in [2.05, 4.69) is 67.9 Å². The second-order valence-electron chi connectivity index (χ2n) is 8.36. The van der Waals surface area contributed by atoms with Gasteiger partial charge in [0, 0.05) is 25.9 Å². The molecule has 0 aliphatic rings. The van der Waals surface area contributed by atoms with E-state index in [0.29, 0.717) is 6.42 Å². The zero-order valence-electron chi connectivity index (χ0n) is 19.1. The summed E-state index contributed by atoms with van der Waals surface area (Å²) in [5.74, 6) is 1.29. The van der Waals surface area contributed by atoms with Crippen LogP contribution in [0.4, 0.5) is 0 Å². The van der Waals surface area contributed by atoms with Gasteiger partial charge in [0.05, 0.1) is 11.0 Å². The van der Waals surface area contributed by atoms with E-state index in [1.54, 1.807) is 0 Å². The highest BCUT2D eigenvalue weighted by molar-refractivity contribution is 5.76. The Bertz CT molecular complexity index is 1010. The molecule has 0 saturated heterocycles. The van der Waals surface area contributed by atoms with Gasteiger partial charge in [-0.2, -0.15) is 0 Å². The van der Waals surface area contributed by atoms with Crippen molar-refractivity contribution in [2.75, 3.05) is 6.54 Å². The number of rotatable bonds is 9. The Morgan fingerprint density at radius 2 is 1.70 bits per heavy atom. The number of fused-ring (bicyclic) bond motifs is 1. The van der Waals surface area contributed by atoms with E-state index >= 15 is 0 Å². The highest BCUT2D eigenvalue weighted by atomic mass is 16.1. The van der Waals surface area contributed by atoms with Gasteiger partial charge in [0.1, 0.15) is 5.82 Å². The first-order valence-electron chi connectivity index (χ1n) is 11.2. The van der Waals surface area contributed by atoms with Crippen LogP contribution in [0.15, 0.2) is 30.3 Å². The Morgan fingerprint density at radius 1 is 1.00 bits per heavy atom. The van der Waals surface area contributed by atoms with E-state index in [1.165, 1.54) is 33.3 Å². The maximum absolute atomic E-state index is 11.4. The van der Waals surface area contributed by atoms with E-state index in [4.69, 9.17) is 4.98 Å². The third-order valence-corrected chi connectivity index (χ3v) is 6.29. The number of nitrogens with zero attached hydrogens (tertiary/aromatic N) is 2. The minimum Gasteiger partial charge on any atom is -0.356 e. The summed E-state index contributed by atoms with van der Waals surface area (Å²) in [4.78, 5) is 16.3. The van der Waals surface area contributed by atoms with Crippen molar-refractivity contribution in [2.45, 2.75) is 73.3 Å². The molecule has 0 spiro atoms. The third kappa shape index (κ3) is 4.92. The molecule has 0 aliphatic carbocycles. The number of aryl methyl sites for hydroxylation is 3. The Labute approximate surface area is 180 Å². The molecule has 1 heterocycles. The van der Waals surface area contributed by atoms with E-state index < -0.39 is 0 Å². The number of carbonyl (C=O) groups excluding carboxylic acids is 1. The average molecular weight is 406 g/mol. The molecule has 2 aromatic carbocycles. The minimum atomic E-state index is 0.135. The predicted octanol–water partition coefficient (Wildman–Crippen LogP) is 5.56. The Balaban J connectivity index is 1.79. The zero-order valence-corrected chi connectivity index (χ0v) is 19.1. The Kier molecular flexibility index (Phi) is 7.30. The molecule has 0 fully saturated rings. The fraction of sp³-hybridized carbons (Fsp3) is 0.462. The van der Waals surface area contributed by atoms with E-state index in [0.717, 1.165) is 50.1 Å². The molecule has 1 amide bonds. The van der Waals surface area contributed by atoms with Gasteiger partial charge in [-0.25, -0.2) is 4.98 Å². The molecular weight excluding hydrogens is 370 g/mol. The van der Waals surface area contributed by atoms with Crippen molar-refractivity contribution in [3.05, 3.63) is 64.0 Å². The van der Waals surface area contributed by atoms with E-state index in [-0.39, 0.29) is 5.91 Å². The van der Waals surface area contributed by atoms with Crippen LogP contribution in [-0.4, -0.2) is 22.0 Å². The second kappa shape index (κ2) is 9.92. The zero-order chi connectivity index (χ0) is 21.7. The lowest BCUT2D eigenvalue weighted by Crippen LogP contribution is -2.23. The number of nitrogens with one attached hydrogen (secondary N) is 1. The molecule has 0 bridgehead atoms. The molecule has 4 heteroatoms.